The monoisotopic (exact) mass is 637 g/mol. The predicted molar refractivity (Wildman–Crippen MR) is 183 cm³/mol. The van der Waals surface area contributed by atoms with E-state index >= 15 is 0 Å². The minimum atomic E-state index is -4.14. The van der Waals surface area contributed by atoms with Crippen molar-refractivity contribution in [2.45, 2.75) is 76.4 Å². The highest BCUT2D eigenvalue weighted by Crippen LogP contribution is 2.29. The maximum absolute atomic E-state index is 14.7. The Morgan fingerprint density at radius 1 is 0.804 bits per heavy atom. The number of aryl methyl sites for hydroxylation is 2. The summed E-state index contributed by atoms with van der Waals surface area (Å²) in [6.45, 7) is 5.46. The van der Waals surface area contributed by atoms with Crippen molar-refractivity contribution in [2.24, 2.45) is 0 Å². The van der Waals surface area contributed by atoms with E-state index in [1.165, 1.54) is 16.4 Å². The molecule has 0 radical (unpaired) electrons. The first-order valence-corrected chi connectivity index (χ1v) is 17.4. The fourth-order valence-electron chi connectivity index (χ4n) is 6.17. The molecule has 240 valence electrons. The quantitative estimate of drug-likeness (QED) is 0.192. The number of nitrogens with one attached hydrogen (secondary N) is 1. The summed E-state index contributed by atoms with van der Waals surface area (Å²) in [6.07, 6.45) is 4.23. The van der Waals surface area contributed by atoms with Crippen molar-refractivity contribution in [3.8, 4) is 0 Å². The lowest BCUT2D eigenvalue weighted by atomic mass is 10.0. The van der Waals surface area contributed by atoms with Gasteiger partial charge in [-0.3, -0.25) is 13.9 Å². The molecule has 8 heteroatoms. The van der Waals surface area contributed by atoms with Gasteiger partial charge >= 0.3 is 0 Å². The number of hydrogen-bond donors (Lipinski definition) is 1. The number of hydrogen-bond acceptors (Lipinski definition) is 4. The predicted octanol–water partition coefficient (Wildman–Crippen LogP) is 6.51. The summed E-state index contributed by atoms with van der Waals surface area (Å²) in [5.41, 5.74) is 4.92. The lowest BCUT2D eigenvalue weighted by Gasteiger charge is -2.35. The Kier molecular flexibility index (Phi) is 10.6. The first-order chi connectivity index (χ1) is 22.1. The molecule has 5 rings (SSSR count). The van der Waals surface area contributed by atoms with Gasteiger partial charge in [0.15, 0.2) is 0 Å². The van der Waals surface area contributed by atoms with Crippen LogP contribution in [0.1, 0.15) is 53.5 Å². The maximum Gasteiger partial charge on any atom is 0.264 e. The van der Waals surface area contributed by atoms with Crippen molar-refractivity contribution in [2.75, 3.05) is 10.8 Å². The molecule has 0 aromatic heterocycles. The van der Waals surface area contributed by atoms with E-state index in [-0.39, 0.29) is 23.4 Å². The van der Waals surface area contributed by atoms with Gasteiger partial charge in [0.2, 0.25) is 11.8 Å². The summed E-state index contributed by atoms with van der Waals surface area (Å²) in [5.74, 6) is -0.676. The third-order valence-corrected chi connectivity index (χ3v) is 10.6. The molecule has 0 bridgehead atoms. The molecule has 1 unspecified atom stereocenters. The Balaban J connectivity index is 1.59. The molecule has 1 fully saturated rings. The van der Waals surface area contributed by atoms with E-state index in [4.69, 9.17) is 0 Å². The van der Waals surface area contributed by atoms with Gasteiger partial charge in [0.25, 0.3) is 10.0 Å². The van der Waals surface area contributed by atoms with Crippen molar-refractivity contribution in [3.63, 3.8) is 0 Å². The average molecular weight is 638 g/mol. The molecule has 0 aliphatic heterocycles. The second-order valence-corrected chi connectivity index (χ2v) is 14.1. The van der Waals surface area contributed by atoms with Crippen LogP contribution in [-0.4, -0.2) is 43.8 Å². The van der Waals surface area contributed by atoms with E-state index in [0.29, 0.717) is 12.1 Å². The lowest BCUT2D eigenvalue weighted by molar-refractivity contribution is -0.140. The fraction of sp³-hybridized carbons (Fsp3) is 0.316. The molecule has 1 N–H and O–H groups in total. The smallest absolute Gasteiger partial charge is 0.264 e. The molecule has 7 nitrogen and oxygen atoms in total. The van der Waals surface area contributed by atoms with Gasteiger partial charge in [-0.05, 0) is 74.1 Å². The Labute approximate surface area is 273 Å². The van der Waals surface area contributed by atoms with E-state index in [1.807, 2.05) is 81.4 Å². The molecule has 0 heterocycles. The van der Waals surface area contributed by atoms with E-state index < -0.39 is 28.5 Å². The summed E-state index contributed by atoms with van der Waals surface area (Å²) in [7, 11) is -4.14. The highest BCUT2D eigenvalue weighted by Gasteiger charge is 2.36. The normalized spacial score (nSPS) is 14.1. The van der Waals surface area contributed by atoms with Gasteiger partial charge in [0.05, 0.1) is 10.6 Å². The molecule has 4 aromatic carbocycles. The van der Waals surface area contributed by atoms with E-state index in [2.05, 4.69) is 5.32 Å². The Morgan fingerprint density at radius 2 is 1.43 bits per heavy atom. The summed E-state index contributed by atoms with van der Waals surface area (Å²) in [5, 5.41) is 3.22. The summed E-state index contributed by atoms with van der Waals surface area (Å²) in [4.78, 5) is 30.5. The minimum absolute atomic E-state index is 0.0617. The van der Waals surface area contributed by atoms with E-state index in [9.17, 15) is 18.0 Å². The molecule has 1 saturated carbocycles. The van der Waals surface area contributed by atoms with Crippen LogP contribution in [0.4, 0.5) is 5.69 Å². The molecule has 1 atom stereocenters. The first kappa shape index (κ1) is 32.9. The number of amides is 2. The zero-order valence-corrected chi connectivity index (χ0v) is 27.7. The molecule has 1 aliphatic carbocycles. The standard InChI is InChI=1S/C38H43N3O4S/c1-28-14-12-18-32(24-28)26-40(36(25-31-16-6-4-7-17-31)38(43)39-33-19-10-11-20-33)37(42)27-41(35-23-13-15-29(2)30(35)3)46(44,45)34-21-8-5-9-22-34/h4-9,12-18,21-24,33,36H,10-11,19-20,25-27H2,1-3H3,(H,39,43). The average Bonchev–Trinajstić information content (AvgIpc) is 3.57. The van der Waals surface area contributed by atoms with Crippen LogP contribution in [0, 0.1) is 20.8 Å². The van der Waals surface area contributed by atoms with Crippen molar-refractivity contribution in [1.82, 2.24) is 10.2 Å². The molecule has 4 aromatic rings. The maximum atomic E-state index is 14.7. The lowest BCUT2D eigenvalue weighted by Crippen LogP contribution is -2.54. The molecule has 0 spiro atoms. The molecule has 2 amide bonds. The Morgan fingerprint density at radius 3 is 2.11 bits per heavy atom. The van der Waals surface area contributed by atoms with Crippen LogP contribution in [0.25, 0.3) is 0 Å². The van der Waals surface area contributed by atoms with Crippen molar-refractivity contribution >= 4 is 27.5 Å². The van der Waals surface area contributed by atoms with Crippen LogP contribution >= 0.6 is 0 Å². The fourth-order valence-corrected chi connectivity index (χ4v) is 7.66. The van der Waals surface area contributed by atoms with Gasteiger partial charge in [0.1, 0.15) is 12.6 Å². The highest BCUT2D eigenvalue weighted by atomic mass is 32.2. The zero-order chi connectivity index (χ0) is 32.7. The number of nitrogens with zero attached hydrogens (tertiary/aromatic N) is 2. The number of rotatable bonds is 12. The molecular weight excluding hydrogens is 595 g/mol. The Hall–Kier alpha value is -4.43. The second-order valence-electron chi connectivity index (χ2n) is 12.2. The number of anilines is 1. The van der Waals surface area contributed by atoms with Crippen LogP contribution in [-0.2, 0) is 32.6 Å². The summed E-state index contributed by atoms with van der Waals surface area (Å²) >= 11 is 0. The second kappa shape index (κ2) is 14.8. The summed E-state index contributed by atoms with van der Waals surface area (Å²) < 4.78 is 29.7. The third kappa shape index (κ3) is 7.85. The summed E-state index contributed by atoms with van der Waals surface area (Å²) in [6, 6.07) is 30.3. The topological polar surface area (TPSA) is 86.8 Å². The van der Waals surface area contributed by atoms with Crippen LogP contribution in [0.15, 0.2) is 108 Å². The molecular formula is C38H43N3O4S. The molecule has 0 saturated heterocycles. The molecule has 1 aliphatic rings. The van der Waals surface area contributed by atoms with Gasteiger partial charge in [-0.2, -0.15) is 0 Å². The number of carbonyl (C=O) groups is 2. The number of carbonyl (C=O) groups excluding carboxylic acids is 2. The molecule has 46 heavy (non-hydrogen) atoms. The van der Waals surface area contributed by atoms with Crippen LogP contribution < -0.4 is 9.62 Å². The zero-order valence-electron chi connectivity index (χ0n) is 26.9. The van der Waals surface area contributed by atoms with Crippen LogP contribution in [0.2, 0.25) is 0 Å². The van der Waals surface area contributed by atoms with Gasteiger partial charge < -0.3 is 10.2 Å². The van der Waals surface area contributed by atoms with Crippen LogP contribution in [0.5, 0.6) is 0 Å². The third-order valence-electron chi connectivity index (χ3n) is 8.86. The largest absolute Gasteiger partial charge is 0.352 e. The van der Waals surface area contributed by atoms with E-state index in [0.717, 1.165) is 53.5 Å². The van der Waals surface area contributed by atoms with Crippen molar-refractivity contribution in [1.29, 1.82) is 0 Å². The number of sulfonamides is 1. The Bertz CT molecular complexity index is 1750. The van der Waals surface area contributed by atoms with Crippen molar-refractivity contribution in [3.05, 3.63) is 131 Å². The minimum Gasteiger partial charge on any atom is -0.352 e. The van der Waals surface area contributed by atoms with Crippen LogP contribution in [0.3, 0.4) is 0 Å². The van der Waals surface area contributed by atoms with Crippen molar-refractivity contribution < 1.29 is 18.0 Å². The highest BCUT2D eigenvalue weighted by molar-refractivity contribution is 7.92. The number of benzene rings is 4. The van der Waals surface area contributed by atoms with Gasteiger partial charge in [-0.1, -0.05) is 103 Å². The van der Waals surface area contributed by atoms with Gasteiger partial charge in [0, 0.05) is 19.0 Å². The van der Waals surface area contributed by atoms with Gasteiger partial charge in [-0.25, -0.2) is 8.42 Å². The SMILES string of the molecule is Cc1cccc(CN(C(=O)CN(c2cccc(C)c2C)S(=O)(=O)c2ccccc2)C(Cc2ccccc2)C(=O)NC2CCCC2)c1. The van der Waals surface area contributed by atoms with E-state index in [1.54, 1.807) is 35.2 Å². The van der Waals surface area contributed by atoms with Gasteiger partial charge in [-0.15, -0.1) is 0 Å². The first-order valence-electron chi connectivity index (χ1n) is 16.0.